The smallest absolute Gasteiger partial charge is 0.166 e. The molecule has 0 aromatic carbocycles. The number of hydrogen-bond acceptors (Lipinski definition) is 1. The zero-order valence-electron chi connectivity index (χ0n) is 10.5. The molecule has 0 atom stereocenters. The molecule has 0 aromatic rings. The van der Waals surface area contributed by atoms with Crippen LogP contribution in [0.3, 0.4) is 0 Å². The van der Waals surface area contributed by atoms with Gasteiger partial charge in [-0.2, -0.15) is 0 Å². The van der Waals surface area contributed by atoms with Gasteiger partial charge in [0.25, 0.3) is 0 Å². The second-order valence-corrected chi connectivity index (χ2v) is 2.91. The molecular weight excluding hydrogens is 205 g/mol. The normalized spacial score (nSPS) is 13.4. The van der Waals surface area contributed by atoms with E-state index >= 15 is 0 Å². The molecule has 0 heterocycles. The summed E-state index contributed by atoms with van der Waals surface area (Å²) in [5, 5.41) is 9.92. The van der Waals surface area contributed by atoms with E-state index < -0.39 is 0 Å². The molecule has 0 rings (SSSR count). The molecule has 2 radical (unpaired) electrons. The summed E-state index contributed by atoms with van der Waals surface area (Å²) in [7, 11) is 0. The molecule has 17 heavy (non-hydrogen) atoms. The topological polar surface area (TPSA) is 37.0 Å². The molecule has 0 amide bonds. The second kappa shape index (κ2) is 14.5. The van der Waals surface area contributed by atoms with E-state index in [2.05, 4.69) is 11.6 Å². The van der Waals surface area contributed by atoms with Crippen molar-refractivity contribution in [2.45, 2.75) is 6.92 Å². The van der Waals surface area contributed by atoms with Crippen molar-refractivity contribution in [1.82, 2.24) is 0 Å². The molecule has 0 saturated carbocycles. The molecule has 0 saturated heterocycles. The van der Waals surface area contributed by atoms with Crippen molar-refractivity contribution in [2.75, 3.05) is 0 Å². The molecule has 86 valence electrons. The van der Waals surface area contributed by atoms with Gasteiger partial charge in [-0.1, -0.05) is 48.6 Å². The fourth-order valence-electron chi connectivity index (χ4n) is 0.728. The minimum atomic E-state index is 0. The summed E-state index contributed by atoms with van der Waals surface area (Å²) in [6, 6.07) is 0. The van der Waals surface area contributed by atoms with Crippen molar-refractivity contribution in [3.63, 3.8) is 0 Å². The Balaban J connectivity index is 0. The van der Waals surface area contributed by atoms with Gasteiger partial charge in [-0.15, -0.1) is 6.26 Å². The van der Waals surface area contributed by atoms with E-state index in [1.54, 1.807) is 24.4 Å². The first kappa shape index (κ1) is 17.9. The van der Waals surface area contributed by atoms with Crippen LogP contribution in [0.2, 0.25) is 0 Å². The third-order valence-corrected chi connectivity index (χ3v) is 1.59. The monoisotopic (exact) mass is 222 g/mol. The summed E-state index contributed by atoms with van der Waals surface area (Å²) in [6.07, 6.45) is 18.5. The van der Waals surface area contributed by atoms with E-state index in [0.29, 0.717) is 0 Å². The van der Waals surface area contributed by atoms with Crippen molar-refractivity contribution in [3.05, 3.63) is 73.2 Å². The van der Waals surface area contributed by atoms with E-state index in [4.69, 9.17) is 0 Å². The Bertz CT molecular complexity index is 360. The van der Waals surface area contributed by atoms with Gasteiger partial charge in [0.1, 0.15) is 0 Å². The Morgan fingerprint density at radius 1 is 1.06 bits per heavy atom. The maximum Gasteiger partial charge on any atom is 0.166 e. The number of nitrogens with one attached hydrogen (secondary N) is 1. The average Bonchev–Trinajstić information content (AvgIpc) is 2.31. The van der Waals surface area contributed by atoms with E-state index in [0.717, 1.165) is 11.8 Å². The molecule has 2 nitrogen and oxygen atoms in total. The van der Waals surface area contributed by atoms with E-state index in [1.165, 1.54) is 6.08 Å². The van der Waals surface area contributed by atoms with Gasteiger partial charge in [0.2, 0.25) is 0 Å². The van der Waals surface area contributed by atoms with Gasteiger partial charge in [-0.05, 0) is 6.92 Å². The molecule has 0 fully saturated rings. The molecule has 3 heteroatoms. The molecule has 0 unspecified atom stereocenters. The van der Waals surface area contributed by atoms with Crippen LogP contribution in [0.15, 0.2) is 73.2 Å². The zero-order chi connectivity index (χ0) is 12.1. The van der Waals surface area contributed by atoms with Crippen molar-refractivity contribution in [3.8, 4) is 0 Å². The Hall–Kier alpha value is -1.49. The number of rotatable bonds is 6. The van der Waals surface area contributed by atoms with Gasteiger partial charge < -0.3 is 24.0 Å². The molecule has 0 aliphatic heterocycles. The summed E-state index contributed by atoms with van der Waals surface area (Å²) < 4.78 is 0. The van der Waals surface area contributed by atoms with Crippen molar-refractivity contribution >= 4 is 25.1 Å². The van der Waals surface area contributed by atoms with Crippen molar-refractivity contribution in [1.29, 1.82) is 0 Å². The second-order valence-electron chi connectivity index (χ2n) is 2.91. The minimum absolute atomic E-state index is 0. The summed E-state index contributed by atoms with van der Waals surface area (Å²) in [6.45, 7) is 5.63. The standard InChI is InChI=1S/C14H17NO.Li/c1-3-14(2)10-9-12-15-11-7-5-4-6-8-13-16;/h3-13,16H,1H2,2H3;/q;-1/b6-4-,7-5+,12-9+,13-8+,14-10-,15-11+;. The maximum atomic E-state index is 9.92. The van der Waals surface area contributed by atoms with Crippen LogP contribution in [-0.4, -0.2) is 25.1 Å². The maximum absolute atomic E-state index is 9.92. The first-order valence-corrected chi connectivity index (χ1v) is 4.97. The van der Waals surface area contributed by atoms with Crippen LogP contribution in [-0.2, 0) is 0 Å². The predicted molar refractivity (Wildman–Crippen MR) is 73.3 cm³/mol. The Morgan fingerprint density at radius 2 is 1.71 bits per heavy atom. The third kappa shape index (κ3) is 14.5. The Labute approximate surface area is 115 Å². The molecule has 0 aromatic heterocycles. The zero-order valence-corrected chi connectivity index (χ0v) is 10.5. The van der Waals surface area contributed by atoms with Crippen LogP contribution in [0.5, 0.6) is 0 Å². The Kier molecular flexibility index (Phi) is 15.3. The van der Waals surface area contributed by atoms with Gasteiger partial charge in [0.15, 0.2) is 12.4 Å². The van der Waals surface area contributed by atoms with Gasteiger partial charge in [-0.25, -0.2) is 4.99 Å². The quantitative estimate of drug-likeness (QED) is 0.300. The van der Waals surface area contributed by atoms with Crippen molar-refractivity contribution in [2.24, 2.45) is 0 Å². The van der Waals surface area contributed by atoms with Crippen molar-refractivity contribution < 1.29 is 10.1 Å². The van der Waals surface area contributed by atoms with Crippen LogP contribution in [0.25, 0.3) is 0 Å². The van der Waals surface area contributed by atoms with Crippen LogP contribution < -0.4 is 10.1 Å². The van der Waals surface area contributed by atoms with Crippen LogP contribution >= 0.6 is 0 Å². The largest absolute Gasteiger partial charge is 1.00 e. The van der Waals surface area contributed by atoms with Gasteiger partial charge in [-0.3, -0.25) is 0 Å². The number of allylic oxidation sites excluding steroid dienone is 9. The first-order chi connectivity index (χ1) is 7.81. The average molecular weight is 222 g/mol. The summed E-state index contributed by atoms with van der Waals surface area (Å²) in [4.78, 5) is 2.97. The predicted octanol–water partition coefficient (Wildman–Crippen LogP) is 0.389. The minimum Gasteiger partial charge on any atom is -1.00 e. The van der Waals surface area contributed by atoms with E-state index in [1.807, 2.05) is 37.4 Å². The molecule has 0 bridgehead atoms. The molecule has 0 aliphatic rings. The molecule has 0 aliphatic carbocycles. The molecule has 1 N–H and O–H groups in total. The van der Waals surface area contributed by atoms with Crippen LogP contribution in [0.1, 0.15) is 6.92 Å². The summed E-state index contributed by atoms with van der Waals surface area (Å²) in [5.74, 6) is 0. The molecule has 0 spiro atoms. The van der Waals surface area contributed by atoms with Gasteiger partial charge in [0, 0.05) is 12.2 Å². The van der Waals surface area contributed by atoms with Gasteiger partial charge >= 0.3 is 0 Å². The third-order valence-electron chi connectivity index (χ3n) is 1.59. The summed E-state index contributed by atoms with van der Waals surface area (Å²) in [5.41, 5.74) is 1.11. The van der Waals surface area contributed by atoms with Gasteiger partial charge in [0.05, 0.1) is 0 Å². The number of hydrogen-bond donors (Lipinski definition) is 1. The molecular formula is C14H17LiNO-. The van der Waals surface area contributed by atoms with E-state index in [9.17, 15) is 5.11 Å². The SMILES string of the molecule is C=C\C(C)=C/C=C/[NH+]=C/C=C/C=C\C=C\[O-].[Li-]. The van der Waals surface area contributed by atoms with Crippen LogP contribution in [0, 0.1) is 0 Å². The Morgan fingerprint density at radius 3 is 2.35 bits per heavy atom. The van der Waals surface area contributed by atoms with E-state index in [-0.39, 0.29) is 18.9 Å². The first-order valence-electron chi connectivity index (χ1n) is 4.97. The fraction of sp³-hybridized carbons (Fsp3) is 0.0714. The fourth-order valence-corrected chi connectivity index (χ4v) is 0.728. The summed E-state index contributed by atoms with van der Waals surface area (Å²) >= 11 is 0. The van der Waals surface area contributed by atoms with Crippen LogP contribution in [0.4, 0.5) is 0 Å².